The van der Waals surface area contributed by atoms with Gasteiger partial charge in [-0.1, -0.05) is 17.9 Å². The zero-order chi connectivity index (χ0) is 24.0. The van der Waals surface area contributed by atoms with E-state index in [1.807, 2.05) is 6.07 Å². The van der Waals surface area contributed by atoms with Gasteiger partial charge < -0.3 is 25.7 Å². The molecule has 1 saturated heterocycles. The number of ether oxygens (including phenoxy) is 1. The van der Waals surface area contributed by atoms with Crippen LogP contribution in [0.3, 0.4) is 0 Å². The molecule has 2 fully saturated rings. The van der Waals surface area contributed by atoms with Crippen molar-refractivity contribution in [3.63, 3.8) is 0 Å². The van der Waals surface area contributed by atoms with Gasteiger partial charge in [-0.05, 0) is 42.9 Å². The molecule has 1 amide bonds. The molecule has 3 aromatic rings. The topological polar surface area (TPSA) is 91.1 Å². The second-order valence-corrected chi connectivity index (χ2v) is 9.51. The van der Waals surface area contributed by atoms with Gasteiger partial charge in [-0.2, -0.15) is 0 Å². The molecule has 0 unspecified atom stereocenters. The van der Waals surface area contributed by atoms with E-state index in [0.717, 1.165) is 29.8 Å². The number of fused-ring (bicyclic) bond motifs is 1. The number of para-hydroxylation sites is 1. The molecule has 6 rings (SSSR count). The van der Waals surface area contributed by atoms with Gasteiger partial charge in [0.1, 0.15) is 0 Å². The number of pyridine rings is 1. The third-order valence-corrected chi connectivity index (χ3v) is 7.19. The second-order valence-electron chi connectivity index (χ2n) is 9.51. The SMILES string of the molecule is COc1c(F)cccc1Nc1c(-c2ccncc2C#C[C@H]2CC3(CC3)CN2)[nH]c2c1C(=O)NCC2. The first-order chi connectivity index (χ1) is 17.1. The number of anilines is 2. The molecule has 1 aliphatic carbocycles. The zero-order valence-corrected chi connectivity index (χ0v) is 19.4. The summed E-state index contributed by atoms with van der Waals surface area (Å²) in [5.74, 6) is 6.13. The van der Waals surface area contributed by atoms with E-state index in [1.165, 1.54) is 26.0 Å². The number of methoxy groups -OCH3 is 1. The Morgan fingerprint density at radius 1 is 1.29 bits per heavy atom. The maximum atomic E-state index is 14.4. The summed E-state index contributed by atoms with van der Waals surface area (Å²) in [5, 5.41) is 9.71. The Hall–Kier alpha value is -3.83. The van der Waals surface area contributed by atoms with Gasteiger partial charge >= 0.3 is 0 Å². The minimum atomic E-state index is -0.485. The Kier molecular flexibility index (Phi) is 5.23. The summed E-state index contributed by atoms with van der Waals surface area (Å²) in [7, 11) is 1.42. The second kappa shape index (κ2) is 8.43. The van der Waals surface area contributed by atoms with Crippen molar-refractivity contribution in [2.45, 2.75) is 31.7 Å². The smallest absolute Gasteiger partial charge is 0.255 e. The lowest BCUT2D eigenvalue weighted by molar-refractivity contribution is 0.0947. The quantitative estimate of drug-likeness (QED) is 0.435. The van der Waals surface area contributed by atoms with Gasteiger partial charge in [-0.15, -0.1) is 0 Å². The molecule has 178 valence electrons. The number of nitrogens with one attached hydrogen (secondary N) is 4. The number of carbonyl (C=O) groups is 1. The Bertz CT molecular complexity index is 1380. The number of rotatable bonds is 4. The summed E-state index contributed by atoms with van der Waals surface area (Å²) >= 11 is 0. The van der Waals surface area contributed by atoms with Gasteiger partial charge in [0.15, 0.2) is 11.6 Å². The summed E-state index contributed by atoms with van der Waals surface area (Å²) < 4.78 is 19.7. The molecule has 1 aromatic carbocycles. The van der Waals surface area contributed by atoms with Crippen LogP contribution in [-0.2, 0) is 6.42 Å². The van der Waals surface area contributed by atoms with Crippen molar-refractivity contribution in [2.75, 3.05) is 25.5 Å². The number of H-pyrrole nitrogens is 1. The molecule has 1 atom stereocenters. The molecular weight excluding hydrogens is 445 g/mol. The number of hydrogen-bond acceptors (Lipinski definition) is 5. The molecule has 7 nitrogen and oxygen atoms in total. The lowest BCUT2D eigenvalue weighted by atomic mass is 10.0. The van der Waals surface area contributed by atoms with Crippen molar-refractivity contribution in [1.82, 2.24) is 20.6 Å². The molecular formula is C27H26FN5O2. The lowest BCUT2D eigenvalue weighted by Crippen LogP contribution is -2.31. The normalized spacial score (nSPS) is 19.5. The van der Waals surface area contributed by atoms with E-state index < -0.39 is 5.82 Å². The number of hydrogen-bond donors (Lipinski definition) is 4. The Labute approximate surface area is 202 Å². The highest BCUT2D eigenvalue weighted by Gasteiger charge is 2.47. The van der Waals surface area contributed by atoms with E-state index in [9.17, 15) is 9.18 Å². The zero-order valence-electron chi connectivity index (χ0n) is 19.4. The van der Waals surface area contributed by atoms with Crippen LogP contribution in [-0.4, -0.2) is 42.1 Å². The number of benzene rings is 1. The third-order valence-electron chi connectivity index (χ3n) is 7.19. The lowest BCUT2D eigenvalue weighted by Gasteiger charge is -2.17. The summed E-state index contributed by atoms with van der Waals surface area (Å²) in [5.41, 5.74) is 5.09. The predicted molar refractivity (Wildman–Crippen MR) is 131 cm³/mol. The van der Waals surface area contributed by atoms with Crippen LogP contribution in [0.5, 0.6) is 5.75 Å². The van der Waals surface area contributed by atoms with E-state index >= 15 is 0 Å². The predicted octanol–water partition coefficient (Wildman–Crippen LogP) is 3.75. The van der Waals surface area contributed by atoms with E-state index in [1.54, 1.807) is 24.5 Å². The van der Waals surface area contributed by atoms with Crippen LogP contribution in [0, 0.1) is 23.1 Å². The molecule has 4 heterocycles. The van der Waals surface area contributed by atoms with Crippen LogP contribution in [0.25, 0.3) is 11.3 Å². The molecule has 3 aliphatic rings. The van der Waals surface area contributed by atoms with Gasteiger partial charge in [0.05, 0.1) is 41.3 Å². The highest BCUT2D eigenvalue weighted by atomic mass is 19.1. The molecule has 35 heavy (non-hydrogen) atoms. The highest BCUT2D eigenvalue weighted by Crippen LogP contribution is 2.51. The van der Waals surface area contributed by atoms with Gasteiger partial charge in [0.25, 0.3) is 5.91 Å². The number of amides is 1. The molecule has 8 heteroatoms. The fraction of sp³-hybridized carbons (Fsp3) is 0.333. The van der Waals surface area contributed by atoms with Crippen LogP contribution < -0.4 is 20.7 Å². The van der Waals surface area contributed by atoms with E-state index in [-0.39, 0.29) is 17.7 Å². The van der Waals surface area contributed by atoms with E-state index in [2.05, 4.69) is 37.8 Å². The fourth-order valence-corrected chi connectivity index (χ4v) is 5.11. The van der Waals surface area contributed by atoms with Gasteiger partial charge in [-0.3, -0.25) is 9.78 Å². The molecule has 0 bridgehead atoms. The summed E-state index contributed by atoms with van der Waals surface area (Å²) in [6.07, 6.45) is 7.77. The Morgan fingerprint density at radius 3 is 2.97 bits per heavy atom. The van der Waals surface area contributed by atoms with E-state index in [4.69, 9.17) is 4.74 Å². The molecule has 0 radical (unpaired) electrons. The largest absolute Gasteiger partial charge is 0.492 e. The van der Waals surface area contributed by atoms with Crippen molar-refractivity contribution in [3.05, 3.63) is 59.3 Å². The van der Waals surface area contributed by atoms with Crippen molar-refractivity contribution in [3.8, 4) is 28.8 Å². The molecule has 1 saturated carbocycles. The Balaban J connectivity index is 1.44. The molecule has 4 N–H and O–H groups in total. The minimum Gasteiger partial charge on any atom is -0.492 e. The first-order valence-electron chi connectivity index (χ1n) is 11.9. The van der Waals surface area contributed by atoms with E-state index in [0.29, 0.717) is 41.0 Å². The average molecular weight is 472 g/mol. The maximum absolute atomic E-state index is 14.4. The first-order valence-corrected chi connectivity index (χ1v) is 11.9. The van der Waals surface area contributed by atoms with Crippen LogP contribution >= 0.6 is 0 Å². The number of aromatic nitrogens is 2. The monoisotopic (exact) mass is 471 g/mol. The third kappa shape index (κ3) is 3.92. The number of aromatic amines is 1. The van der Waals surface area contributed by atoms with Crippen LogP contribution in [0.4, 0.5) is 15.8 Å². The highest BCUT2D eigenvalue weighted by molar-refractivity contribution is 6.06. The first kappa shape index (κ1) is 21.7. The average Bonchev–Trinajstić information content (AvgIpc) is 3.34. The van der Waals surface area contributed by atoms with Crippen LogP contribution in [0.1, 0.15) is 40.9 Å². The fourth-order valence-electron chi connectivity index (χ4n) is 5.11. The van der Waals surface area contributed by atoms with Crippen molar-refractivity contribution in [1.29, 1.82) is 0 Å². The van der Waals surface area contributed by atoms with Gasteiger partial charge in [-0.25, -0.2) is 4.39 Å². The van der Waals surface area contributed by atoms with Crippen molar-refractivity contribution < 1.29 is 13.9 Å². The van der Waals surface area contributed by atoms with Crippen molar-refractivity contribution >= 4 is 17.3 Å². The molecule has 2 aliphatic heterocycles. The minimum absolute atomic E-state index is 0.0840. The number of halogens is 1. The number of carbonyl (C=O) groups excluding carboxylic acids is 1. The number of nitrogens with zero attached hydrogens (tertiary/aromatic N) is 1. The summed E-state index contributed by atoms with van der Waals surface area (Å²) in [6, 6.07) is 6.71. The summed E-state index contributed by atoms with van der Waals surface area (Å²) in [6.45, 7) is 1.58. The summed E-state index contributed by atoms with van der Waals surface area (Å²) in [4.78, 5) is 20.6. The molecule has 2 aromatic heterocycles. The Morgan fingerprint density at radius 2 is 2.17 bits per heavy atom. The standard InChI is InChI=1S/C27H26FN5O2/c1-35-25-19(28)3-2-4-21(25)33-24-22-20(8-12-30-26(22)34)32-23(24)18-7-11-29-14-16(18)5-6-17-13-27(9-10-27)15-31-17/h2-4,7,11,14,17,31-33H,8-10,12-13,15H2,1H3,(H,30,34)/t17-/m0/s1. The van der Waals surface area contributed by atoms with Crippen LogP contribution in [0.2, 0.25) is 0 Å². The van der Waals surface area contributed by atoms with Crippen molar-refractivity contribution in [2.24, 2.45) is 5.41 Å². The van der Waals surface area contributed by atoms with Gasteiger partial charge in [0, 0.05) is 43.2 Å². The maximum Gasteiger partial charge on any atom is 0.255 e. The van der Waals surface area contributed by atoms with Gasteiger partial charge in [0.2, 0.25) is 0 Å². The van der Waals surface area contributed by atoms with Crippen LogP contribution in [0.15, 0.2) is 36.7 Å². The molecule has 1 spiro atoms.